The zero-order valence-electron chi connectivity index (χ0n) is 5.83. The molecular weight excluding hydrogens is 164 g/mol. The van der Waals surface area contributed by atoms with E-state index >= 15 is 0 Å². The quantitative estimate of drug-likeness (QED) is 0.623. The maximum absolute atomic E-state index is 11.1. The molecule has 0 saturated carbocycles. The largest absolute Gasteiger partial charge is 0.285 e. The molecule has 11 heavy (non-hydrogen) atoms. The molecule has 0 aliphatic heterocycles. The number of nitrogens with zero attached hydrogens (tertiary/aromatic N) is 2. The van der Waals surface area contributed by atoms with Gasteiger partial charge in [0.15, 0.2) is 0 Å². The van der Waals surface area contributed by atoms with Crippen molar-refractivity contribution in [3.63, 3.8) is 0 Å². The molecule has 0 bridgehead atoms. The lowest BCUT2D eigenvalue weighted by Gasteiger charge is -1.98. The third-order valence-electron chi connectivity index (χ3n) is 1.17. The van der Waals surface area contributed by atoms with E-state index in [4.69, 9.17) is 11.6 Å². The van der Waals surface area contributed by atoms with Crippen molar-refractivity contribution < 1.29 is 0 Å². The lowest BCUT2D eigenvalue weighted by atomic mass is 10.5. The summed E-state index contributed by atoms with van der Waals surface area (Å²) in [5, 5.41) is 3.96. The van der Waals surface area contributed by atoms with Crippen molar-refractivity contribution in [1.82, 2.24) is 9.78 Å². The highest BCUT2D eigenvalue weighted by Gasteiger charge is 1.97. The number of rotatable bonds is 2. The van der Waals surface area contributed by atoms with E-state index in [1.54, 1.807) is 6.08 Å². The van der Waals surface area contributed by atoms with Crippen LogP contribution in [-0.4, -0.2) is 9.78 Å². The van der Waals surface area contributed by atoms with Crippen LogP contribution in [0.25, 0.3) is 0 Å². The number of allylic oxidation sites excluding steroid dienone is 1. The summed E-state index contributed by atoms with van der Waals surface area (Å²) in [7, 11) is 0. The zero-order valence-corrected chi connectivity index (χ0v) is 6.58. The van der Waals surface area contributed by atoms with Gasteiger partial charge in [-0.2, -0.15) is 5.10 Å². The Bertz CT molecular complexity index is 318. The summed E-state index contributed by atoms with van der Waals surface area (Å²) in [6, 6.07) is 1.46. The summed E-state index contributed by atoms with van der Waals surface area (Å²) in [5.41, 5.74) is -0.283. The average molecular weight is 171 g/mol. The second-order valence-electron chi connectivity index (χ2n) is 1.96. The Labute approximate surface area is 68.9 Å². The van der Waals surface area contributed by atoms with Crippen LogP contribution in [0.2, 0.25) is 5.02 Å². The number of aromatic nitrogens is 2. The molecule has 1 rings (SSSR count). The lowest BCUT2D eigenvalue weighted by molar-refractivity contribution is 0.652. The Morgan fingerprint density at radius 1 is 1.82 bits per heavy atom. The van der Waals surface area contributed by atoms with E-state index in [0.717, 1.165) is 0 Å². The van der Waals surface area contributed by atoms with Crippen LogP contribution in [0, 0.1) is 0 Å². The molecule has 0 fully saturated rings. The first kappa shape index (κ1) is 8.01. The molecule has 3 nitrogen and oxygen atoms in total. The number of hydrogen-bond donors (Lipinski definition) is 0. The summed E-state index contributed by atoms with van der Waals surface area (Å²) in [4.78, 5) is 11.1. The van der Waals surface area contributed by atoms with Gasteiger partial charge in [-0.3, -0.25) is 4.79 Å². The molecule has 0 atom stereocenters. The second kappa shape index (κ2) is 3.34. The normalized spacial score (nSPS) is 9.55. The molecule has 0 amide bonds. The highest BCUT2D eigenvalue weighted by atomic mass is 35.5. The smallest absolute Gasteiger partial charge is 0.266 e. The van der Waals surface area contributed by atoms with Gasteiger partial charge in [-0.1, -0.05) is 17.7 Å². The number of halogens is 1. The molecule has 0 aliphatic rings. The van der Waals surface area contributed by atoms with Gasteiger partial charge in [0.25, 0.3) is 5.56 Å². The summed E-state index contributed by atoms with van der Waals surface area (Å²) < 4.78 is 1.25. The van der Waals surface area contributed by atoms with E-state index < -0.39 is 0 Å². The maximum atomic E-state index is 11.1. The van der Waals surface area contributed by atoms with Crippen LogP contribution < -0.4 is 5.56 Å². The van der Waals surface area contributed by atoms with Crippen LogP contribution in [0.4, 0.5) is 0 Å². The monoisotopic (exact) mass is 170 g/mol. The minimum atomic E-state index is -0.283. The Morgan fingerprint density at radius 2 is 2.55 bits per heavy atom. The SMILES string of the molecule is C=CCn1nccc(Cl)c1=O. The van der Waals surface area contributed by atoms with Crippen molar-refractivity contribution in [2.24, 2.45) is 0 Å². The van der Waals surface area contributed by atoms with E-state index in [-0.39, 0.29) is 10.6 Å². The van der Waals surface area contributed by atoms with Crippen molar-refractivity contribution in [3.05, 3.63) is 40.3 Å². The van der Waals surface area contributed by atoms with Gasteiger partial charge in [0.1, 0.15) is 5.02 Å². The Kier molecular flexibility index (Phi) is 2.44. The molecule has 0 saturated heterocycles. The predicted molar refractivity (Wildman–Crippen MR) is 43.7 cm³/mol. The highest BCUT2D eigenvalue weighted by Crippen LogP contribution is 1.96. The van der Waals surface area contributed by atoms with Crippen molar-refractivity contribution in [2.45, 2.75) is 6.54 Å². The van der Waals surface area contributed by atoms with E-state index in [9.17, 15) is 4.79 Å². The Morgan fingerprint density at radius 3 is 3.18 bits per heavy atom. The highest BCUT2D eigenvalue weighted by molar-refractivity contribution is 6.30. The van der Waals surface area contributed by atoms with E-state index in [0.29, 0.717) is 6.54 Å². The first-order chi connectivity index (χ1) is 5.25. The second-order valence-corrected chi connectivity index (χ2v) is 2.36. The zero-order chi connectivity index (χ0) is 8.27. The molecule has 58 valence electrons. The van der Waals surface area contributed by atoms with Crippen LogP contribution in [-0.2, 0) is 6.54 Å². The molecule has 0 unspecified atom stereocenters. The number of hydrogen-bond acceptors (Lipinski definition) is 2. The summed E-state index contributed by atoms with van der Waals surface area (Å²) in [6.45, 7) is 3.87. The van der Waals surface area contributed by atoms with Gasteiger partial charge in [-0.25, -0.2) is 4.68 Å². The first-order valence-corrected chi connectivity index (χ1v) is 3.46. The van der Waals surface area contributed by atoms with Crippen LogP contribution in [0.3, 0.4) is 0 Å². The molecule has 0 spiro atoms. The van der Waals surface area contributed by atoms with Gasteiger partial charge in [0, 0.05) is 6.20 Å². The Balaban J connectivity index is 3.16. The molecular formula is C7H7ClN2O. The van der Waals surface area contributed by atoms with Crippen molar-refractivity contribution >= 4 is 11.6 Å². The fourth-order valence-corrected chi connectivity index (χ4v) is 0.833. The fraction of sp³-hybridized carbons (Fsp3) is 0.143. The molecule has 0 radical (unpaired) electrons. The van der Waals surface area contributed by atoms with Crippen molar-refractivity contribution in [3.8, 4) is 0 Å². The van der Waals surface area contributed by atoms with E-state index in [1.807, 2.05) is 0 Å². The van der Waals surface area contributed by atoms with Crippen LogP contribution in [0.15, 0.2) is 29.7 Å². The molecule has 0 aliphatic carbocycles. The van der Waals surface area contributed by atoms with Crippen LogP contribution >= 0.6 is 11.6 Å². The van der Waals surface area contributed by atoms with Gasteiger partial charge in [0.2, 0.25) is 0 Å². The summed E-state index contributed by atoms with van der Waals surface area (Å²) >= 11 is 5.54. The summed E-state index contributed by atoms with van der Waals surface area (Å²) in [6.07, 6.45) is 3.07. The van der Waals surface area contributed by atoms with Gasteiger partial charge in [-0.15, -0.1) is 6.58 Å². The third kappa shape index (κ3) is 1.68. The molecule has 1 heterocycles. The molecule has 1 aromatic heterocycles. The van der Waals surface area contributed by atoms with Gasteiger partial charge >= 0.3 is 0 Å². The maximum Gasteiger partial charge on any atom is 0.285 e. The fourth-order valence-electron chi connectivity index (χ4n) is 0.679. The van der Waals surface area contributed by atoms with E-state index in [1.165, 1.54) is 16.9 Å². The molecule has 4 heteroatoms. The molecule has 0 N–H and O–H groups in total. The van der Waals surface area contributed by atoms with Crippen molar-refractivity contribution in [1.29, 1.82) is 0 Å². The minimum Gasteiger partial charge on any atom is -0.266 e. The topological polar surface area (TPSA) is 34.9 Å². The summed E-state index contributed by atoms with van der Waals surface area (Å²) in [5.74, 6) is 0. The van der Waals surface area contributed by atoms with Gasteiger partial charge < -0.3 is 0 Å². The lowest BCUT2D eigenvalue weighted by Crippen LogP contribution is -2.21. The average Bonchev–Trinajstić information content (AvgIpc) is 1.99. The standard InChI is InChI=1S/C7H7ClN2O/c1-2-5-10-7(11)6(8)3-4-9-10/h2-4H,1,5H2. The van der Waals surface area contributed by atoms with Gasteiger partial charge in [0.05, 0.1) is 6.54 Å². The molecule has 1 aromatic rings. The van der Waals surface area contributed by atoms with Gasteiger partial charge in [-0.05, 0) is 6.07 Å². The predicted octanol–water partition coefficient (Wildman–Crippen LogP) is 1.08. The van der Waals surface area contributed by atoms with Crippen molar-refractivity contribution in [2.75, 3.05) is 0 Å². The molecule has 0 aromatic carbocycles. The van der Waals surface area contributed by atoms with Crippen LogP contribution in [0.5, 0.6) is 0 Å². The minimum absolute atomic E-state index is 0.182. The van der Waals surface area contributed by atoms with Crippen LogP contribution in [0.1, 0.15) is 0 Å². The third-order valence-corrected chi connectivity index (χ3v) is 1.46. The Hall–Kier alpha value is -1.09. The van der Waals surface area contributed by atoms with E-state index in [2.05, 4.69) is 11.7 Å². The first-order valence-electron chi connectivity index (χ1n) is 3.08.